The average Bonchev–Trinajstić information content (AvgIpc) is 2.49. The summed E-state index contributed by atoms with van der Waals surface area (Å²) in [5, 5.41) is 3.81. The zero-order valence-corrected chi connectivity index (χ0v) is 14.2. The van der Waals surface area contributed by atoms with Crippen LogP contribution in [0.2, 0.25) is 0 Å². The maximum Gasteiger partial charge on any atom is 0.0535 e. The second kappa shape index (κ2) is 7.42. The smallest absolute Gasteiger partial charge is 0.0535 e. The number of piperazine rings is 1. The molecule has 3 atom stereocenters. The summed E-state index contributed by atoms with van der Waals surface area (Å²) in [4.78, 5) is 2.73. The van der Waals surface area contributed by atoms with Crippen molar-refractivity contribution in [3.63, 3.8) is 0 Å². The molecule has 21 heavy (non-hydrogen) atoms. The SMILES string of the molecule is CCCC(C)CN1CC(C)(c2ccccc2)NCC1CC. The zero-order valence-electron chi connectivity index (χ0n) is 14.2. The van der Waals surface area contributed by atoms with E-state index < -0.39 is 0 Å². The Labute approximate surface area is 130 Å². The van der Waals surface area contributed by atoms with Gasteiger partial charge in [-0.3, -0.25) is 4.90 Å². The van der Waals surface area contributed by atoms with E-state index in [0.29, 0.717) is 6.04 Å². The van der Waals surface area contributed by atoms with E-state index in [0.717, 1.165) is 19.0 Å². The van der Waals surface area contributed by atoms with Crippen molar-refractivity contribution >= 4 is 0 Å². The van der Waals surface area contributed by atoms with Gasteiger partial charge in [-0.1, -0.05) is 57.5 Å². The lowest BCUT2D eigenvalue weighted by Gasteiger charge is -2.47. The molecule has 2 heteroatoms. The molecule has 1 heterocycles. The van der Waals surface area contributed by atoms with E-state index in [-0.39, 0.29) is 5.54 Å². The molecule has 0 radical (unpaired) electrons. The highest BCUT2D eigenvalue weighted by molar-refractivity contribution is 5.25. The standard InChI is InChI=1S/C19H32N2/c1-5-10-16(3)14-21-15-19(4,20-13-18(21)6-2)17-11-8-7-9-12-17/h7-9,11-12,16,18,20H,5-6,10,13-15H2,1-4H3. The number of nitrogens with one attached hydrogen (secondary N) is 1. The highest BCUT2D eigenvalue weighted by atomic mass is 15.3. The molecule has 0 amide bonds. The van der Waals surface area contributed by atoms with Crippen LogP contribution in [0.3, 0.4) is 0 Å². The zero-order chi connectivity index (χ0) is 15.3. The number of rotatable bonds is 6. The molecule has 118 valence electrons. The van der Waals surface area contributed by atoms with Gasteiger partial charge in [0.15, 0.2) is 0 Å². The highest BCUT2D eigenvalue weighted by Gasteiger charge is 2.36. The summed E-state index contributed by atoms with van der Waals surface area (Å²) in [7, 11) is 0. The predicted octanol–water partition coefficient (Wildman–Crippen LogP) is 4.02. The van der Waals surface area contributed by atoms with Gasteiger partial charge in [-0.25, -0.2) is 0 Å². The van der Waals surface area contributed by atoms with E-state index in [1.54, 1.807) is 0 Å². The van der Waals surface area contributed by atoms with Crippen molar-refractivity contribution in [3.05, 3.63) is 35.9 Å². The third-order valence-electron chi connectivity index (χ3n) is 4.97. The maximum absolute atomic E-state index is 3.81. The molecule has 2 nitrogen and oxygen atoms in total. The Kier molecular flexibility index (Phi) is 5.83. The normalized spacial score (nSPS) is 28.5. The molecule has 0 bridgehead atoms. The average molecular weight is 288 g/mol. The van der Waals surface area contributed by atoms with Gasteiger partial charge in [0.05, 0.1) is 5.54 Å². The van der Waals surface area contributed by atoms with E-state index in [9.17, 15) is 0 Å². The molecule has 1 N–H and O–H groups in total. The third kappa shape index (κ3) is 4.08. The Bertz CT molecular complexity index is 417. The van der Waals surface area contributed by atoms with Crippen molar-refractivity contribution in [1.29, 1.82) is 0 Å². The maximum atomic E-state index is 3.81. The van der Waals surface area contributed by atoms with Gasteiger partial charge < -0.3 is 5.32 Å². The second-order valence-corrected chi connectivity index (χ2v) is 6.96. The van der Waals surface area contributed by atoms with Crippen molar-refractivity contribution in [3.8, 4) is 0 Å². The first kappa shape index (κ1) is 16.5. The van der Waals surface area contributed by atoms with Gasteiger partial charge in [0.25, 0.3) is 0 Å². The summed E-state index contributed by atoms with van der Waals surface area (Å²) < 4.78 is 0. The second-order valence-electron chi connectivity index (χ2n) is 6.96. The van der Waals surface area contributed by atoms with Gasteiger partial charge in [0.2, 0.25) is 0 Å². The van der Waals surface area contributed by atoms with Crippen molar-refractivity contribution in [1.82, 2.24) is 10.2 Å². The van der Waals surface area contributed by atoms with Crippen molar-refractivity contribution in [2.45, 2.75) is 58.5 Å². The number of nitrogens with zero attached hydrogens (tertiary/aromatic N) is 1. The molecule has 1 aliphatic heterocycles. The monoisotopic (exact) mass is 288 g/mol. The summed E-state index contributed by atoms with van der Waals surface area (Å²) in [6, 6.07) is 11.6. The van der Waals surface area contributed by atoms with Crippen LogP contribution in [0.25, 0.3) is 0 Å². The Hall–Kier alpha value is -0.860. The molecule has 1 fully saturated rings. The van der Waals surface area contributed by atoms with Crippen LogP contribution >= 0.6 is 0 Å². The quantitative estimate of drug-likeness (QED) is 0.850. The first-order valence-corrected chi connectivity index (χ1v) is 8.63. The fourth-order valence-corrected chi connectivity index (χ4v) is 3.66. The first-order valence-electron chi connectivity index (χ1n) is 8.63. The fraction of sp³-hybridized carbons (Fsp3) is 0.684. The Morgan fingerprint density at radius 1 is 1.29 bits per heavy atom. The number of hydrogen-bond donors (Lipinski definition) is 1. The molecular weight excluding hydrogens is 256 g/mol. The lowest BCUT2D eigenvalue weighted by molar-refractivity contribution is 0.0691. The van der Waals surface area contributed by atoms with Crippen molar-refractivity contribution in [2.24, 2.45) is 5.92 Å². The Balaban J connectivity index is 2.10. The van der Waals surface area contributed by atoms with Gasteiger partial charge in [-0.05, 0) is 31.2 Å². The van der Waals surface area contributed by atoms with E-state index in [1.807, 2.05) is 0 Å². The molecule has 1 aromatic rings. The summed E-state index contributed by atoms with van der Waals surface area (Å²) in [6.45, 7) is 12.8. The van der Waals surface area contributed by atoms with Crippen LogP contribution in [0.5, 0.6) is 0 Å². The van der Waals surface area contributed by atoms with Crippen molar-refractivity contribution in [2.75, 3.05) is 19.6 Å². The minimum atomic E-state index is 0.0822. The molecule has 0 aliphatic carbocycles. The van der Waals surface area contributed by atoms with Crippen LogP contribution in [-0.4, -0.2) is 30.6 Å². The summed E-state index contributed by atoms with van der Waals surface area (Å²) in [5.41, 5.74) is 1.49. The van der Waals surface area contributed by atoms with E-state index >= 15 is 0 Å². The first-order chi connectivity index (χ1) is 10.1. The van der Waals surface area contributed by atoms with Crippen LogP contribution in [0.15, 0.2) is 30.3 Å². The highest BCUT2D eigenvalue weighted by Crippen LogP contribution is 2.28. The van der Waals surface area contributed by atoms with Crippen molar-refractivity contribution < 1.29 is 0 Å². The van der Waals surface area contributed by atoms with Crippen LogP contribution in [-0.2, 0) is 5.54 Å². The van der Waals surface area contributed by atoms with Gasteiger partial charge in [-0.15, -0.1) is 0 Å². The molecular formula is C19H32N2. The topological polar surface area (TPSA) is 15.3 Å². The minimum absolute atomic E-state index is 0.0822. The van der Waals surface area contributed by atoms with Crippen LogP contribution in [0.1, 0.15) is 52.5 Å². The Morgan fingerprint density at radius 3 is 2.62 bits per heavy atom. The van der Waals surface area contributed by atoms with Crippen LogP contribution < -0.4 is 5.32 Å². The molecule has 1 saturated heterocycles. The van der Waals surface area contributed by atoms with Gasteiger partial charge in [-0.2, -0.15) is 0 Å². The largest absolute Gasteiger partial charge is 0.305 e. The van der Waals surface area contributed by atoms with E-state index in [1.165, 1.54) is 31.4 Å². The summed E-state index contributed by atoms with van der Waals surface area (Å²) >= 11 is 0. The minimum Gasteiger partial charge on any atom is -0.305 e. The predicted molar refractivity (Wildman–Crippen MR) is 91.5 cm³/mol. The third-order valence-corrected chi connectivity index (χ3v) is 4.97. The molecule has 0 spiro atoms. The fourth-order valence-electron chi connectivity index (χ4n) is 3.66. The number of hydrogen-bond acceptors (Lipinski definition) is 2. The molecule has 3 unspecified atom stereocenters. The lowest BCUT2D eigenvalue weighted by atomic mass is 9.87. The van der Waals surface area contributed by atoms with Gasteiger partial charge in [0, 0.05) is 25.7 Å². The van der Waals surface area contributed by atoms with Gasteiger partial charge in [0.1, 0.15) is 0 Å². The van der Waals surface area contributed by atoms with Crippen LogP contribution in [0.4, 0.5) is 0 Å². The molecule has 2 rings (SSSR count). The molecule has 1 aromatic carbocycles. The number of benzene rings is 1. The van der Waals surface area contributed by atoms with E-state index in [4.69, 9.17) is 0 Å². The molecule has 0 saturated carbocycles. The van der Waals surface area contributed by atoms with Gasteiger partial charge >= 0.3 is 0 Å². The lowest BCUT2D eigenvalue weighted by Crippen LogP contribution is -2.61. The Morgan fingerprint density at radius 2 is 2.00 bits per heavy atom. The summed E-state index contributed by atoms with van der Waals surface area (Å²) in [5.74, 6) is 0.794. The molecule has 1 aliphatic rings. The van der Waals surface area contributed by atoms with E-state index in [2.05, 4.69) is 68.2 Å². The summed E-state index contributed by atoms with van der Waals surface area (Å²) in [6.07, 6.45) is 3.86. The van der Waals surface area contributed by atoms with Crippen LogP contribution in [0, 0.1) is 5.92 Å². The molecule has 0 aromatic heterocycles.